The number of aromatic nitrogens is 3. The van der Waals surface area contributed by atoms with Crippen molar-refractivity contribution in [3.63, 3.8) is 0 Å². The van der Waals surface area contributed by atoms with Gasteiger partial charge in [0.15, 0.2) is 0 Å². The first kappa shape index (κ1) is 26.0. The number of hydrogen-bond acceptors (Lipinski definition) is 5. The minimum Gasteiger partial charge on any atom is -0.383 e. The van der Waals surface area contributed by atoms with Crippen LogP contribution in [0.2, 0.25) is 0 Å². The molecule has 8 nitrogen and oxygen atoms in total. The highest BCUT2D eigenvalue weighted by Crippen LogP contribution is 2.40. The second kappa shape index (κ2) is 9.77. The Balaban J connectivity index is 1.33. The molecule has 6 rings (SSSR count). The summed E-state index contributed by atoms with van der Waals surface area (Å²) in [6.07, 6.45) is 10.6. The average Bonchev–Trinajstić information content (AvgIpc) is 3.61. The van der Waals surface area contributed by atoms with Crippen LogP contribution in [0.5, 0.6) is 0 Å². The molecule has 4 heterocycles. The summed E-state index contributed by atoms with van der Waals surface area (Å²) >= 11 is 0. The fraction of sp³-hybridized carbons (Fsp3) is 0.375. The van der Waals surface area contributed by atoms with Crippen LogP contribution in [0.3, 0.4) is 0 Å². The van der Waals surface area contributed by atoms with E-state index in [1.165, 1.54) is 23.7 Å². The van der Waals surface area contributed by atoms with E-state index in [4.69, 9.17) is 5.73 Å². The van der Waals surface area contributed by atoms with Crippen LogP contribution >= 0.6 is 0 Å². The van der Waals surface area contributed by atoms with E-state index in [2.05, 4.69) is 41.0 Å². The average molecular weight is 537 g/mol. The Morgan fingerprint density at radius 2 is 2.00 bits per heavy atom. The molecule has 206 valence electrons. The number of carbonyl (C=O) groups is 2. The van der Waals surface area contributed by atoms with Gasteiger partial charge in [-0.3, -0.25) is 9.59 Å². The quantitative estimate of drug-likeness (QED) is 0.472. The van der Waals surface area contributed by atoms with E-state index in [1.807, 2.05) is 47.1 Å². The number of carbonyl (C=O) groups excluding carboxylic acids is 2. The summed E-state index contributed by atoms with van der Waals surface area (Å²) < 4.78 is 2.24. The molecule has 8 heteroatoms. The van der Waals surface area contributed by atoms with Gasteiger partial charge in [0.25, 0.3) is 5.91 Å². The number of fused-ring (bicyclic) bond motifs is 3. The molecule has 0 spiro atoms. The Labute approximate surface area is 235 Å². The third-order valence-corrected chi connectivity index (χ3v) is 8.63. The molecule has 1 saturated heterocycles. The number of likely N-dealkylation sites (tertiary alicyclic amines) is 1. The van der Waals surface area contributed by atoms with E-state index in [0.29, 0.717) is 30.2 Å². The fourth-order valence-electron chi connectivity index (χ4n) is 6.69. The van der Waals surface area contributed by atoms with Crippen molar-refractivity contribution < 1.29 is 9.59 Å². The molecule has 3 aromatic rings. The molecule has 0 unspecified atom stereocenters. The maximum Gasteiger partial charge on any atom is 0.274 e. The number of nitrogens with zero attached hydrogens (tertiary/aromatic N) is 5. The van der Waals surface area contributed by atoms with Crippen molar-refractivity contribution in [2.75, 3.05) is 23.7 Å². The standard InChI is InChI=1S/C32H36N6O2/c1-5-28(39)36-13-7-8-22(36)11-12-24-29(34-19-35-30(24)33)23-9-6-10-25(20(23)2)38-15-14-37-26(31(38)40)16-21-17-32(3,4)18-27(21)37/h5-6,9-12,16,19,22H,1,7-8,13-15,17-18H2,2-4H3,(H2,33,34,35)/t22-/m0/s1. The highest BCUT2D eigenvalue weighted by molar-refractivity contribution is 6.07. The maximum atomic E-state index is 13.8. The fourth-order valence-corrected chi connectivity index (χ4v) is 6.69. The van der Waals surface area contributed by atoms with E-state index < -0.39 is 0 Å². The third-order valence-electron chi connectivity index (χ3n) is 8.63. The number of amides is 2. The molecule has 0 saturated carbocycles. The van der Waals surface area contributed by atoms with E-state index in [1.54, 1.807) is 0 Å². The van der Waals surface area contributed by atoms with Gasteiger partial charge in [0.05, 0.1) is 11.7 Å². The molecule has 1 aliphatic carbocycles. The van der Waals surface area contributed by atoms with Crippen LogP contribution < -0.4 is 10.6 Å². The highest BCUT2D eigenvalue weighted by atomic mass is 16.2. The van der Waals surface area contributed by atoms with E-state index in [9.17, 15) is 9.59 Å². The summed E-state index contributed by atoms with van der Waals surface area (Å²) in [5.41, 5.74) is 14.2. The van der Waals surface area contributed by atoms with Crippen LogP contribution in [0.15, 0.2) is 49.3 Å². The molecular formula is C32H36N6O2. The molecule has 2 aromatic heterocycles. The lowest BCUT2D eigenvalue weighted by Gasteiger charge is -2.31. The third kappa shape index (κ3) is 4.31. The SMILES string of the molecule is C=CC(=O)N1CCC[C@H]1C=Cc1c(N)ncnc1-c1cccc(N2CCn3c(cc4c3CC(C)(C)C4)C2=O)c1C. The van der Waals surface area contributed by atoms with Gasteiger partial charge in [-0.15, -0.1) is 0 Å². The Hall–Kier alpha value is -4.20. The molecule has 0 radical (unpaired) electrons. The van der Waals surface area contributed by atoms with Crippen molar-refractivity contribution in [2.24, 2.45) is 5.41 Å². The molecule has 2 aliphatic heterocycles. The first-order valence-corrected chi connectivity index (χ1v) is 14.0. The van der Waals surface area contributed by atoms with Crippen molar-refractivity contribution in [1.29, 1.82) is 0 Å². The number of nitrogens with two attached hydrogens (primary N) is 1. The van der Waals surface area contributed by atoms with Crippen molar-refractivity contribution in [3.8, 4) is 11.3 Å². The zero-order valence-corrected chi connectivity index (χ0v) is 23.5. The second-order valence-electron chi connectivity index (χ2n) is 11.9. The minimum absolute atomic E-state index is 0.0280. The summed E-state index contributed by atoms with van der Waals surface area (Å²) in [6.45, 7) is 12.4. The van der Waals surface area contributed by atoms with Crippen LogP contribution in [0, 0.1) is 12.3 Å². The van der Waals surface area contributed by atoms with Gasteiger partial charge in [-0.1, -0.05) is 44.7 Å². The topological polar surface area (TPSA) is 97.3 Å². The van der Waals surface area contributed by atoms with Gasteiger partial charge in [0, 0.05) is 42.1 Å². The predicted molar refractivity (Wildman–Crippen MR) is 158 cm³/mol. The number of rotatable bonds is 5. The first-order chi connectivity index (χ1) is 19.2. The minimum atomic E-state index is -0.0699. The van der Waals surface area contributed by atoms with Crippen LogP contribution in [-0.4, -0.2) is 50.4 Å². The molecule has 1 atom stereocenters. The lowest BCUT2D eigenvalue weighted by Crippen LogP contribution is -2.41. The molecule has 0 bridgehead atoms. The summed E-state index contributed by atoms with van der Waals surface area (Å²) in [5.74, 6) is 0.337. The second-order valence-corrected chi connectivity index (χ2v) is 11.9. The summed E-state index contributed by atoms with van der Waals surface area (Å²) in [7, 11) is 0. The van der Waals surface area contributed by atoms with Gasteiger partial charge < -0.3 is 20.1 Å². The lowest BCUT2D eigenvalue weighted by molar-refractivity contribution is -0.126. The smallest absolute Gasteiger partial charge is 0.274 e. The number of anilines is 2. The van der Waals surface area contributed by atoms with Crippen LogP contribution in [0.25, 0.3) is 17.3 Å². The molecule has 1 fully saturated rings. The predicted octanol–water partition coefficient (Wildman–Crippen LogP) is 4.81. The van der Waals surface area contributed by atoms with Gasteiger partial charge >= 0.3 is 0 Å². The van der Waals surface area contributed by atoms with Gasteiger partial charge in [-0.25, -0.2) is 9.97 Å². The highest BCUT2D eigenvalue weighted by Gasteiger charge is 2.37. The van der Waals surface area contributed by atoms with Crippen molar-refractivity contribution in [1.82, 2.24) is 19.4 Å². The van der Waals surface area contributed by atoms with Gasteiger partial charge in [0.2, 0.25) is 5.91 Å². The lowest BCUT2D eigenvalue weighted by atomic mass is 9.90. The molecular weight excluding hydrogens is 500 g/mol. The molecule has 3 aliphatic rings. The molecule has 40 heavy (non-hydrogen) atoms. The zero-order chi connectivity index (χ0) is 28.2. The van der Waals surface area contributed by atoms with Crippen LogP contribution in [0.4, 0.5) is 11.5 Å². The maximum absolute atomic E-state index is 13.8. The summed E-state index contributed by atoms with van der Waals surface area (Å²) in [4.78, 5) is 38.7. The largest absolute Gasteiger partial charge is 0.383 e. The molecule has 1 aromatic carbocycles. The van der Waals surface area contributed by atoms with Gasteiger partial charge in [0.1, 0.15) is 17.8 Å². The van der Waals surface area contributed by atoms with Gasteiger partial charge in [-0.05, 0) is 67.4 Å². The van der Waals surface area contributed by atoms with Gasteiger partial charge in [-0.2, -0.15) is 0 Å². The summed E-state index contributed by atoms with van der Waals surface area (Å²) in [5, 5.41) is 0. The van der Waals surface area contributed by atoms with E-state index in [-0.39, 0.29) is 23.3 Å². The van der Waals surface area contributed by atoms with Crippen molar-refractivity contribution in [2.45, 2.75) is 59.0 Å². The molecule has 2 amide bonds. The number of hydrogen-bond donors (Lipinski definition) is 1. The van der Waals surface area contributed by atoms with E-state index >= 15 is 0 Å². The van der Waals surface area contributed by atoms with Crippen molar-refractivity contribution in [3.05, 3.63) is 77.4 Å². The van der Waals surface area contributed by atoms with E-state index in [0.717, 1.165) is 54.7 Å². The Morgan fingerprint density at radius 3 is 2.80 bits per heavy atom. The Bertz CT molecular complexity index is 1570. The number of nitrogen functional groups attached to an aromatic ring is 1. The van der Waals surface area contributed by atoms with Crippen LogP contribution in [-0.2, 0) is 24.2 Å². The Morgan fingerprint density at radius 1 is 1.18 bits per heavy atom. The van der Waals surface area contributed by atoms with Crippen molar-refractivity contribution >= 4 is 29.4 Å². The van der Waals surface area contributed by atoms with Crippen LogP contribution in [0.1, 0.15) is 59.6 Å². The normalized spacial score (nSPS) is 19.8. The Kier molecular flexibility index (Phi) is 6.36. The number of benzene rings is 1. The first-order valence-electron chi connectivity index (χ1n) is 14.0. The molecule has 2 N–H and O–H groups in total. The monoisotopic (exact) mass is 536 g/mol. The summed E-state index contributed by atoms with van der Waals surface area (Å²) in [6, 6.07) is 8.06. The zero-order valence-electron chi connectivity index (χ0n) is 23.5.